The zero-order chi connectivity index (χ0) is 20.1. The molecule has 1 aromatic heterocycles. The van der Waals surface area contributed by atoms with Crippen molar-refractivity contribution in [1.29, 1.82) is 0 Å². The highest BCUT2D eigenvalue weighted by Gasteiger charge is 2.16. The Labute approximate surface area is 172 Å². The van der Waals surface area contributed by atoms with Crippen LogP contribution in [-0.2, 0) is 6.42 Å². The van der Waals surface area contributed by atoms with Crippen molar-refractivity contribution < 1.29 is 0 Å². The van der Waals surface area contributed by atoms with E-state index in [1.807, 2.05) is 18.0 Å². The van der Waals surface area contributed by atoms with Crippen LogP contribution in [0.1, 0.15) is 38.2 Å². The molecule has 150 valence electrons. The van der Waals surface area contributed by atoms with Gasteiger partial charge in [-0.1, -0.05) is 62.6 Å². The number of fused-ring (bicyclic) bond motifs is 1. The van der Waals surface area contributed by atoms with E-state index >= 15 is 0 Å². The molecule has 3 N–H and O–H groups in total. The van der Waals surface area contributed by atoms with Crippen molar-refractivity contribution in [3.05, 3.63) is 60.2 Å². The molecule has 1 aliphatic rings. The number of aryl methyl sites for hydroxylation is 1. The Morgan fingerprint density at radius 3 is 2.59 bits per heavy atom. The van der Waals surface area contributed by atoms with Crippen molar-refractivity contribution in [2.45, 2.75) is 39.0 Å². The third-order valence-electron chi connectivity index (χ3n) is 5.32. The number of aromatic nitrogens is 1. The van der Waals surface area contributed by atoms with Crippen molar-refractivity contribution in [2.24, 2.45) is 5.10 Å². The second kappa shape index (κ2) is 8.92. The Morgan fingerprint density at radius 1 is 0.966 bits per heavy atom. The lowest BCUT2D eigenvalue weighted by atomic mass is 9.97. The second-order valence-electron chi connectivity index (χ2n) is 7.41. The first-order valence-corrected chi connectivity index (χ1v) is 10.3. The summed E-state index contributed by atoms with van der Waals surface area (Å²) in [5.74, 6) is 1.51. The summed E-state index contributed by atoms with van der Waals surface area (Å²) in [6.45, 7) is 2.25. The van der Waals surface area contributed by atoms with Gasteiger partial charge in [0, 0.05) is 12.4 Å². The van der Waals surface area contributed by atoms with Crippen molar-refractivity contribution in [3.63, 3.8) is 0 Å². The summed E-state index contributed by atoms with van der Waals surface area (Å²) < 4.78 is 0. The van der Waals surface area contributed by atoms with E-state index in [0.717, 1.165) is 17.8 Å². The Hall–Kier alpha value is -3.12. The fourth-order valence-electron chi connectivity index (χ4n) is 3.66. The molecule has 3 aromatic rings. The lowest BCUT2D eigenvalue weighted by Gasteiger charge is -2.19. The molecule has 0 bridgehead atoms. The van der Waals surface area contributed by atoms with Gasteiger partial charge in [0.25, 0.3) is 0 Å². The monoisotopic (exact) mass is 388 g/mol. The molecule has 4 rings (SSSR count). The summed E-state index contributed by atoms with van der Waals surface area (Å²) in [5.41, 5.74) is 13.2. The lowest BCUT2D eigenvalue weighted by molar-refractivity contribution is 0.576. The number of benzene rings is 2. The quantitative estimate of drug-likeness (QED) is 0.526. The second-order valence-corrected chi connectivity index (χ2v) is 7.41. The number of guanidine groups is 1. The molecule has 2 aromatic carbocycles. The molecule has 0 unspecified atom stereocenters. The van der Waals surface area contributed by atoms with Crippen LogP contribution >= 0.6 is 0 Å². The Morgan fingerprint density at radius 2 is 1.83 bits per heavy atom. The highest BCUT2D eigenvalue weighted by Crippen LogP contribution is 2.32. The Bertz CT molecular complexity index is 999. The standard InChI is InChI=1S/C23H28N6/c1-3-4-5-7-10-17-13-14-21-20(15-17)19(18-11-8-6-9-12-18)16-22(24-21)29(2)23-25-27-28-26-23/h6,8-9,11-16,27-28H,3-5,7,10H2,1-2H3,(H,25,26). The zero-order valence-corrected chi connectivity index (χ0v) is 17.1. The van der Waals surface area contributed by atoms with E-state index in [1.54, 1.807) is 0 Å². The SMILES string of the molecule is CCCCCCc1ccc2nc(N(C)C3=NNNN3)cc(-c3ccccc3)c2c1. The molecular formula is C23H28N6. The van der Waals surface area contributed by atoms with Crippen LogP contribution in [0.15, 0.2) is 59.7 Å². The van der Waals surface area contributed by atoms with Gasteiger partial charge in [-0.25, -0.2) is 10.5 Å². The molecule has 29 heavy (non-hydrogen) atoms. The van der Waals surface area contributed by atoms with Crippen LogP contribution in [-0.4, -0.2) is 18.0 Å². The first kappa shape index (κ1) is 19.2. The van der Waals surface area contributed by atoms with Gasteiger partial charge in [0.2, 0.25) is 5.96 Å². The molecule has 0 radical (unpaired) electrons. The van der Waals surface area contributed by atoms with Gasteiger partial charge in [-0.2, -0.15) is 0 Å². The number of rotatable bonds is 7. The van der Waals surface area contributed by atoms with Crippen LogP contribution in [0.4, 0.5) is 5.82 Å². The van der Waals surface area contributed by atoms with Gasteiger partial charge in [-0.05, 0) is 47.7 Å². The van der Waals surface area contributed by atoms with Crippen molar-refractivity contribution in [2.75, 3.05) is 11.9 Å². The first-order valence-electron chi connectivity index (χ1n) is 10.3. The van der Waals surface area contributed by atoms with Gasteiger partial charge in [-0.15, -0.1) is 10.6 Å². The minimum absolute atomic E-state index is 0.670. The Kier molecular flexibility index (Phi) is 5.91. The van der Waals surface area contributed by atoms with Gasteiger partial charge in [0.1, 0.15) is 5.82 Å². The predicted molar refractivity (Wildman–Crippen MR) is 120 cm³/mol. The van der Waals surface area contributed by atoms with Crippen molar-refractivity contribution >= 4 is 22.7 Å². The van der Waals surface area contributed by atoms with Crippen LogP contribution in [0.3, 0.4) is 0 Å². The molecule has 0 saturated carbocycles. The highest BCUT2D eigenvalue weighted by atomic mass is 15.8. The van der Waals surface area contributed by atoms with Gasteiger partial charge in [0.05, 0.1) is 5.52 Å². The van der Waals surface area contributed by atoms with E-state index in [-0.39, 0.29) is 0 Å². The first-order chi connectivity index (χ1) is 14.3. The van der Waals surface area contributed by atoms with Crippen LogP contribution in [0.25, 0.3) is 22.0 Å². The third kappa shape index (κ3) is 4.32. The molecule has 6 heteroatoms. The van der Waals surface area contributed by atoms with Crippen molar-refractivity contribution in [3.8, 4) is 11.1 Å². The minimum Gasteiger partial charge on any atom is -0.297 e. The number of anilines is 1. The van der Waals surface area contributed by atoms with E-state index in [2.05, 4.69) is 77.1 Å². The number of nitrogens with zero attached hydrogens (tertiary/aromatic N) is 3. The summed E-state index contributed by atoms with van der Waals surface area (Å²) in [5, 5.41) is 5.38. The number of pyridine rings is 1. The smallest absolute Gasteiger partial charge is 0.239 e. The number of unbranched alkanes of at least 4 members (excludes halogenated alkanes) is 3. The zero-order valence-electron chi connectivity index (χ0n) is 17.1. The average Bonchev–Trinajstić information content (AvgIpc) is 3.31. The fourth-order valence-corrected chi connectivity index (χ4v) is 3.66. The number of hydrazine groups is 2. The lowest BCUT2D eigenvalue weighted by Crippen LogP contribution is -2.42. The number of nitrogens with one attached hydrogen (secondary N) is 3. The summed E-state index contributed by atoms with van der Waals surface area (Å²) in [7, 11) is 1.95. The fraction of sp³-hybridized carbons (Fsp3) is 0.304. The van der Waals surface area contributed by atoms with Crippen LogP contribution in [0.5, 0.6) is 0 Å². The molecule has 2 heterocycles. The normalized spacial score (nSPS) is 13.1. The van der Waals surface area contributed by atoms with E-state index in [0.29, 0.717) is 5.96 Å². The summed E-state index contributed by atoms with van der Waals surface area (Å²) in [6, 6.07) is 19.3. The molecular weight excluding hydrogens is 360 g/mol. The maximum Gasteiger partial charge on any atom is 0.239 e. The highest BCUT2D eigenvalue weighted by molar-refractivity contribution is 6.00. The molecule has 1 aliphatic heterocycles. The maximum atomic E-state index is 4.91. The van der Waals surface area contributed by atoms with Crippen LogP contribution in [0.2, 0.25) is 0 Å². The molecule has 0 amide bonds. The molecule has 0 atom stereocenters. The molecule has 0 aliphatic carbocycles. The molecule has 6 nitrogen and oxygen atoms in total. The Balaban J connectivity index is 1.74. The number of hydrogen-bond acceptors (Lipinski definition) is 6. The van der Waals surface area contributed by atoms with Gasteiger partial charge < -0.3 is 0 Å². The number of hydrogen-bond donors (Lipinski definition) is 3. The average molecular weight is 389 g/mol. The van der Waals surface area contributed by atoms with Gasteiger partial charge in [-0.3, -0.25) is 10.3 Å². The van der Waals surface area contributed by atoms with Crippen LogP contribution < -0.4 is 21.4 Å². The summed E-state index contributed by atoms with van der Waals surface area (Å²) in [4.78, 5) is 6.83. The molecule has 0 fully saturated rings. The third-order valence-corrected chi connectivity index (χ3v) is 5.32. The largest absolute Gasteiger partial charge is 0.297 e. The van der Waals surface area contributed by atoms with Gasteiger partial charge in [0.15, 0.2) is 0 Å². The summed E-state index contributed by atoms with van der Waals surface area (Å²) in [6.07, 6.45) is 6.21. The number of hydrazone groups is 1. The van der Waals surface area contributed by atoms with E-state index < -0.39 is 0 Å². The predicted octanol–water partition coefficient (Wildman–Crippen LogP) is 4.34. The molecule has 0 saturated heterocycles. The molecule has 0 spiro atoms. The van der Waals surface area contributed by atoms with Crippen LogP contribution in [0, 0.1) is 0 Å². The summed E-state index contributed by atoms with van der Waals surface area (Å²) >= 11 is 0. The van der Waals surface area contributed by atoms with Gasteiger partial charge >= 0.3 is 0 Å². The van der Waals surface area contributed by atoms with E-state index in [4.69, 9.17) is 4.98 Å². The van der Waals surface area contributed by atoms with E-state index in [9.17, 15) is 0 Å². The van der Waals surface area contributed by atoms with E-state index in [1.165, 1.54) is 47.8 Å². The maximum absolute atomic E-state index is 4.91. The minimum atomic E-state index is 0.670. The van der Waals surface area contributed by atoms with Crippen molar-refractivity contribution in [1.82, 2.24) is 21.5 Å². The topological polar surface area (TPSA) is 64.6 Å².